The van der Waals surface area contributed by atoms with Crippen LogP contribution in [0, 0.1) is 11.7 Å². The molecule has 1 aromatic heterocycles. The lowest BCUT2D eigenvalue weighted by atomic mass is 10.1. The van der Waals surface area contributed by atoms with Gasteiger partial charge in [-0.1, -0.05) is 0 Å². The number of carbonyl (C=O) groups excluding carboxylic acids is 1. The minimum atomic E-state index is -0.800. The number of halogens is 1. The number of nitrogens with zero attached hydrogens (tertiary/aromatic N) is 1. The second kappa shape index (κ2) is 8.52. The second-order valence-electron chi connectivity index (χ2n) is 7.17. The summed E-state index contributed by atoms with van der Waals surface area (Å²) in [6.45, 7) is 1.87. The fourth-order valence-electron chi connectivity index (χ4n) is 3.18. The highest BCUT2D eigenvalue weighted by atomic mass is 19.1. The summed E-state index contributed by atoms with van der Waals surface area (Å²) < 4.78 is 25.1. The van der Waals surface area contributed by atoms with Gasteiger partial charge in [-0.2, -0.15) is 0 Å². The van der Waals surface area contributed by atoms with Crippen LogP contribution in [0.15, 0.2) is 24.3 Å². The van der Waals surface area contributed by atoms with Crippen molar-refractivity contribution in [2.24, 2.45) is 17.4 Å². The summed E-state index contributed by atoms with van der Waals surface area (Å²) in [4.78, 5) is 16.2. The van der Waals surface area contributed by atoms with Gasteiger partial charge in [-0.05, 0) is 31.7 Å². The molecule has 0 bridgehead atoms. The molecular weight excluding hydrogens is 377 g/mol. The van der Waals surface area contributed by atoms with Gasteiger partial charge >= 0.3 is 0 Å². The van der Waals surface area contributed by atoms with E-state index in [1.165, 1.54) is 14.2 Å². The van der Waals surface area contributed by atoms with Crippen LogP contribution < -0.4 is 31.6 Å². The molecule has 1 aromatic carbocycles. The summed E-state index contributed by atoms with van der Waals surface area (Å²) in [5, 5.41) is 6.10. The van der Waals surface area contributed by atoms with E-state index in [1.54, 1.807) is 18.2 Å². The van der Waals surface area contributed by atoms with Crippen molar-refractivity contribution in [3.63, 3.8) is 0 Å². The average Bonchev–Trinajstić information content (AvgIpc) is 3.52. The predicted molar refractivity (Wildman–Crippen MR) is 109 cm³/mol. The molecule has 1 aliphatic carbocycles. The molecule has 2 atom stereocenters. The highest BCUT2D eigenvalue weighted by Gasteiger charge is 2.34. The van der Waals surface area contributed by atoms with Crippen LogP contribution in [0.5, 0.6) is 11.5 Å². The van der Waals surface area contributed by atoms with E-state index in [-0.39, 0.29) is 29.3 Å². The lowest BCUT2D eigenvalue weighted by Crippen LogP contribution is -2.40. The maximum atomic E-state index is 14.6. The van der Waals surface area contributed by atoms with Crippen molar-refractivity contribution in [3.8, 4) is 11.5 Å². The number of primary amides is 1. The number of methoxy groups -OCH3 is 2. The van der Waals surface area contributed by atoms with E-state index in [4.69, 9.17) is 20.9 Å². The van der Waals surface area contributed by atoms with Crippen molar-refractivity contribution in [2.75, 3.05) is 24.9 Å². The third-order valence-corrected chi connectivity index (χ3v) is 4.86. The molecule has 1 heterocycles. The van der Waals surface area contributed by atoms with E-state index in [9.17, 15) is 9.18 Å². The fourth-order valence-corrected chi connectivity index (χ4v) is 3.18. The molecule has 0 saturated heterocycles. The van der Waals surface area contributed by atoms with Gasteiger partial charge in [0.05, 0.1) is 19.8 Å². The van der Waals surface area contributed by atoms with Crippen molar-refractivity contribution in [3.05, 3.63) is 35.6 Å². The van der Waals surface area contributed by atoms with Gasteiger partial charge in [0.15, 0.2) is 11.6 Å². The summed E-state index contributed by atoms with van der Waals surface area (Å²) in [5.41, 5.74) is 12.0. The molecule has 0 aliphatic heterocycles. The highest BCUT2D eigenvalue weighted by Crippen LogP contribution is 2.36. The standard InChI is InChI=1S/C20H26FN5O3/c1-10(22)17(11-4-5-11)25-20-16(21)9-15(18(23)27)19(26-20)24-12-6-13(28-2)8-14(7-12)29-3/h6-11,17H,4-5,22H2,1-3H3,(H2,23,27)(H2,24,25,26)/t10-,17-/m0/s1. The molecule has 1 aliphatic rings. The fraction of sp³-hybridized carbons (Fsp3) is 0.400. The van der Waals surface area contributed by atoms with Crippen LogP contribution in [-0.4, -0.2) is 37.2 Å². The maximum absolute atomic E-state index is 14.6. The van der Waals surface area contributed by atoms with E-state index < -0.39 is 11.7 Å². The number of amides is 1. The number of pyridine rings is 1. The van der Waals surface area contributed by atoms with E-state index in [1.807, 2.05) is 6.92 Å². The molecule has 8 nitrogen and oxygen atoms in total. The molecule has 3 rings (SSSR count). The SMILES string of the molecule is COc1cc(Nc2nc(N[C@H](C3CC3)[C@H](C)N)c(F)cc2C(N)=O)cc(OC)c1. The molecule has 1 fully saturated rings. The van der Waals surface area contributed by atoms with Crippen molar-refractivity contribution >= 4 is 23.2 Å². The number of ether oxygens (including phenoxy) is 2. The molecular formula is C20H26FN5O3. The molecule has 0 radical (unpaired) electrons. The van der Waals surface area contributed by atoms with Crippen molar-refractivity contribution < 1.29 is 18.7 Å². The van der Waals surface area contributed by atoms with Gasteiger partial charge in [0.25, 0.3) is 5.91 Å². The predicted octanol–water partition coefficient (Wildman–Crippen LogP) is 2.62. The molecule has 156 valence electrons. The number of nitrogens with one attached hydrogen (secondary N) is 2. The minimum absolute atomic E-state index is 0.0153. The molecule has 29 heavy (non-hydrogen) atoms. The Kier molecular flexibility index (Phi) is 6.07. The van der Waals surface area contributed by atoms with Crippen molar-refractivity contribution in [2.45, 2.75) is 31.8 Å². The zero-order valence-corrected chi connectivity index (χ0v) is 16.7. The van der Waals surface area contributed by atoms with Gasteiger partial charge in [-0.15, -0.1) is 0 Å². The number of carbonyl (C=O) groups is 1. The number of aromatic nitrogens is 1. The van der Waals surface area contributed by atoms with Gasteiger partial charge in [0.2, 0.25) is 0 Å². The maximum Gasteiger partial charge on any atom is 0.252 e. The molecule has 1 saturated carbocycles. The van der Waals surface area contributed by atoms with Crippen LogP contribution in [0.4, 0.5) is 21.7 Å². The first-order valence-corrected chi connectivity index (χ1v) is 9.35. The largest absolute Gasteiger partial charge is 0.497 e. The van der Waals surface area contributed by atoms with Crippen LogP contribution in [-0.2, 0) is 0 Å². The number of benzene rings is 1. The Morgan fingerprint density at radius 3 is 2.28 bits per heavy atom. The minimum Gasteiger partial charge on any atom is -0.497 e. The van der Waals surface area contributed by atoms with Gasteiger partial charge in [-0.25, -0.2) is 9.37 Å². The molecule has 9 heteroatoms. The summed E-state index contributed by atoms with van der Waals surface area (Å²) in [7, 11) is 3.05. The van der Waals surface area contributed by atoms with E-state index in [0.29, 0.717) is 23.1 Å². The third kappa shape index (κ3) is 4.86. The molecule has 2 aromatic rings. The Labute approximate surface area is 168 Å². The molecule has 0 spiro atoms. The lowest BCUT2D eigenvalue weighted by Gasteiger charge is -2.23. The molecule has 1 amide bonds. The van der Waals surface area contributed by atoms with Gasteiger partial charge < -0.3 is 31.6 Å². The number of nitrogens with two attached hydrogens (primary N) is 2. The molecule has 6 N–H and O–H groups in total. The molecule has 0 unspecified atom stereocenters. The third-order valence-electron chi connectivity index (χ3n) is 4.86. The lowest BCUT2D eigenvalue weighted by molar-refractivity contribution is 0.100. The summed E-state index contributed by atoms with van der Waals surface area (Å²) in [6, 6.07) is 5.87. The smallest absolute Gasteiger partial charge is 0.252 e. The van der Waals surface area contributed by atoms with E-state index in [0.717, 1.165) is 18.9 Å². The van der Waals surface area contributed by atoms with Crippen LogP contribution in [0.1, 0.15) is 30.1 Å². The normalized spacial score (nSPS) is 15.3. The van der Waals surface area contributed by atoms with Crippen molar-refractivity contribution in [1.29, 1.82) is 0 Å². The second-order valence-corrected chi connectivity index (χ2v) is 7.17. The van der Waals surface area contributed by atoms with Crippen LogP contribution in [0.3, 0.4) is 0 Å². The first-order valence-electron chi connectivity index (χ1n) is 9.35. The van der Waals surface area contributed by atoms with Crippen LogP contribution in [0.25, 0.3) is 0 Å². The van der Waals surface area contributed by atoms with Crippen molar-refractivity contribution in [1.82, 2.24) is 4.98 Å². The van der Waals surface area contributed by atoms with E-state index in [2.05, 4.69) is 15.6 Å². The Morgan fingerprint density at radius 2 is 1.79 bits per heavy atom. The number of rotatable bonds is 9. The first kappa shape index (κ1) is 20.7. The zero-order valence-electron chi connectivity index (χ0n) is 16.7. The Bertz CT molecular complexity index is 878. The number of hydrogen-bond donors (Lipinski definition) is 4. The van der Waals surface area contributed by atoms with E-state index >= 15 is 0 Å². The monoisotopic (exact) mass is 403 g/mol. The zero-order chi connectivity index (χ0) is 21.1. The van der Waals surface area contributed by atoms with Crippen LogP contribution >= 0.6 is 0 Å². The van der Waals surface area contributed by atoms with Gasteiger partial charge in [0, 0.05) is 36.0 Å². The Morgan fingerprint density at radius 1 is 1.17 bits per heavy atom. The first-order chi connectivity index (χ1) is 13.8. The van der Waals surface area contributed by atoms with Crippen LogP contribution in [0.2, 0.25) is 0 Å². The number of hydrogen-bond acceptors (Lipinski definition) is 7. The average molecular weight is 403 g/mol. The number of anilines is 3. The summed E-state index contributed by atoms with van der Waals surface area (Å²) in [5.74, 6) is 0.131. The quantitative estimate of drug-likeness (QED) is 0.507. The van der Waals surface area contributed by atoms with Gasteiger partial charge in [-0.3, -0.25) is 4.79 Å². The summed E-state index contributed by atoms with van der Waals surface area (Å²) >= 11 is 0. The Balaban J connectivity index is 1.97. The highest BCUT2D eigenvalue weighted by molar-refractivity contribution is 5.98. The van der Waals surface area contributed by atoms with Gasteiger partial charge in [0.1, 0.15) is 17.3 Å². The Hall–Kier alpha value is -3.07. The summed E-state index contributed by atoms with van der Waals surface area (Å²) in [6.07, 6.45) is 2.07. The topological polar surface area (TPSA) is 125 Å².